The van der Waals surface area contributed by atoms with Crippen molar-refractivity contribution in [3.8, 4) is 0 Å². The van der Waals surface area contributed by atoms with E-state index in [-0.39, 0.29) is 18.9 Å². The predicted octanol–water partition coefficient (Wildman–Crippen LogP) is -0.146. The molecule has 0 aliphatic carbocycles. The van der Waals surface area contributed by atoms with Crippen LogP contribution in [-0.4, -0.2) is 57.9 Å². The van der Waals surface area contributed by atoms with E-state index in [1.54, 1.807) is 35.2 Å². The molecule has 2 aliphatic heterocycles. The number of hydroxylamine groups is 2. The Morgan fingerprint density at radius 1 is 1.29 bits per heavy atom. The van der Waals surface area contributed by atoms with E-state index in [9.17, 15) is 18.0 Å². The number of para-hydroxylation sites is 1. The number of hydrogen-bond donors (Lipinski definition) is 3. The van der Waals surface area contributed by atoms with Crippen molar-refractivity contribution >= 4 is 28.0 Å². The first kappa shape index (κ1) is 18.5. The summed E-state index contributed by atoms with van der Waals surface area (Å²) in [5.41, 5.74) is 6.68. The van der Waals surface area contributed by atoms with Crippen LogP contribution in [0.1, 0.15) is 23.3 Å². The Kier molecular flexibility index (Phi) is 4.40. The van der Waals surface area contributed by atoms with E-state index in [4.69, 9.17) is 10.3 Å². The summed E-state index contributed by atoms with van der Waals surface area (Å²) in [4.78, 5) is 26.0. The lowest BCUT2D eigenvalue weighted by molar-refractivity contribution is -0.124. The Labute approximate surface area is 159 Å². The molecule has 3 unspecified atom stereocenters. The van der Waals surface area contributed by atoms with Crippen LogP contribution in [0.3, 0.4) is 0 Å². The minimum Gasteiger partial charge on any atom is -0.368 e. The molecule has 2 aliphatic rings. The number of carbonyl (C=O) groups excluding carboxylic acids is 2. The molecule has 0 radical (unpaired) electrons. The molecule has 2 amide bonds. The van der Waals surface area contributed by atoms with Crippen molar-refractivity contribution in [1.82, 2.24) is 19.7 Å². The standard InChI is InChI=1S/C15H16N6O6S/c16-14(22)13-12-10(11-7-19(13)8-21(11)27-28(24,25)26)6-20(18-12)15(23)17-9-4-2-1-3-5-9/h1-6,11,13H,7-8H2,(H2,16,22)(H,17,23)(H,24,25,26). The number of amides is 2. The number of nitrogens with zero attached hydrogens (tertiary/aromatic N) is 4. The van der Waals surface area contributed by atoms with E-state index in [0.717, 1.165) is 9.75 Å². The lowest BCUT2D eigenvalue weighted by Crippen LogP contribution is -2.39. The van der Waals surface area contributed by atoms with Gasteiger partial charge in [-0.3, -0.25) is 14.2 Å². The molecule has 0 spiro atoms. The first-order valence-corrected chi connectivity index (χ1v) is 9.52. The highest BCUT2D eigenvalue weighted by Gasteiger charge is 2.48. The van der Waals surface area contributed by atoms with E-state index in [2.05, 4.69) is 14.7 Å². The summed E-state index contributed by atoms with van der Waals surface area (Å²) in [7, 11) is -4.76. The molecule has 12 nitrogen and oxygen atoms in total. The molecular weight excluding hydrogens is 392 g/mol. The number of primary amides is 1. The normalized spacial score (nSPS) is 24.0. The third-order valence-corrected chi connectivity index (χ3v) is 4.90. The fourth-order valence-corrected chi connectivity index (χ4v) is 3.84. The summed E-state index contributed by atoms with van der Waals surface area (Å²) in [6, 6.07) is 6.50. The zero-order chi connectivity index (χ0) is 20.1. The van der Waals surface area contributed by atoms with Crippen molar-refractivity contribution in [2.75, 3.05) is 18.5 Å². The van der Waals surface area contributed by atoms with Crippen molar-refractivity contribution in [3.63, 3.8) is 0 Å². The van der Waals surface area contributed by atoms with Crippen molar-refractivity contribution in [3.05, 3.63) is 47.8 Å². The average Bonchev–Trinajstić information content (AvgIpc) is 3.18. The van der Waals surface area contributed by atoms with Crippen molar-refractivity contribution in [2.45, 2.75) is 12.1 Å². The molecule has 1 saturated heterocycles. The van der Waals surface area contributed by atoms with Crippen LogP contribution in [0.15, 0.2) is 36.5 Å². The van der Waals surface area contributed by atoms with Crippen molar-refractivity contribution in [2.24, 2.45) is 5.73 Å². The number of rotatable bonds is 4. The van der Waals surface area contributed by atoms with Gasteiger partial charge in [-0.2, -0.15) is 22.5 Å². The van der Waals surface area contributed by atoms with Crippen LogP contribution >= 0.6 is 0 Å². The van der Waals surface area contributed by atoms with Crippen molar-refractivity contribution < 1.29 is 26.8 Å². The zero-order valence-electron chi connectivity index (χ0n) is 14.3. The monoisotopic (exact) mass is 408 g/mol. The molecule has 4 N–H and O–H groups in total. The van der Waals surface area contributed by atoms with Crippen LogP contribution in [0.2, 0.25) is 0 Å². The summed E-state index contributed by atoms with van der Waals surface area (Å²) in [6.45, 7) is 0.118. The molecule has 2 aromatic rings. The number of anilines is 1. The lowest BCUT2D eigenvalue weighted by atomic mass is 9.98. The largest absolute Gasteiger partial charge is 0.413 e. The predicted molar refractivity (Wildman–Crippen MR) is 93.8 cm³/mol. The van der Waals surface area contributed by atoms with Gasteiger partial charge in [-0.05, 0) is 12.1 Å². The maximum absolute atomic E-state index is 12.5. The number of carbonyl (C=O) groups is 2. The number of aromatic nitrogens is 2. The molecule has 0 saturated carbocycles. The summed E-state index contributed by atoms with van der Waals surface area (Å²) in [5, 5.41) is 7.84. The van der Waals surface area contributed by atoms with Gasteiger partial charge in [0.1, 0.15) is 6.04 Å². The van der Waals surface area contributed by atoms with Crippen LogP contribution < -0.4 is 11.1 Å². The quantitative estimate of drug-likeness (QED) is 0.585. The first-order chi connectivity index (χ1) is 13.2. The molecule has 3 atom stereocenters. The highest BCUT2D eigenvalue weighted by molar-refractivity contribution is 7.80. The highest BCUT2D eigenvalue weighted by Crippen LogP contribution is 2.42. The second-order valence-corrected chi connectivity index (χ2v) is 7.37. The number of fused-ring (bicyclic) bond motifs is 4. The molecule has 148 valence electrons. The Morgan fingerprint density at radius 3 is 2.64 bits per heavy atom. The second kappa shape index (κ2) is 6.65. The Hall–Kier alpha value is -2.84. The van der Waals surface area contributed by atoms with Gasteiger partial charge in [-0.1, -0.05) is 18.2 Å². The van der Waals surface area contributed by atoms with Gasteiger partial charge in [0.2, 0.25) is 5.91 Å². The molecule has 28 heavy (non-hydrogen) atoms. The van der Waals surface area contributed by atoms with Gasteiger partial charge < -0.3 is 11.1 Å². The lowest BCUT2D eigenvalue weighted by Gasteiger charge is -2.27. The van der Waals surface area contributed by atoms with Crippen LogP contribution in [0.5, 0.6) is 0 Å². The molecule has 2 bridgehead atoms. The van der Waals surface area contributed by atoms with Crippen LogP contribution in [0.25, 0.3) is 0 Å². The summed E-state index contributed by atoms with van der Waals surface area (Å²) >= 11 is 0. The minimum atomic E-state index is -4.76. The second-order valence-electron chi connectivity index (χ2n) is 6.36. The summed E-state index contributed by atoms with van der Waals surface area (Å²) < 4.78 is 36.8. The third kappa shape index (κ3) is 3.36. The van der Waals surface area contributed by atoms with Crippen molar-refractivity contribution in [1.29, 1.82) is 0 Å². The molecule has 1 aromatic heterocycles. The Balaban J connectivity index is 1.68. The SMILES string of the molecule is NC(=O)C1c2nn(C(=O)Nc3ccccc3)cc2C2CN1CN2OS(=O)(=O)O. The van der Waals surface area contributed by atoms with Gasteiger partial charge in [-0.15, -0.1) is 5.06 Å². The van der Waals surface area contributed by atoms with Gasteiger partial charge >= 0.3 is 16.4 Å². The van der Waals surface area contributed by atoms with Gasteiger partial charge in [0.25, 0.3) is 0 Å². The highest BCUT2D eigenvalue weighted by atomic mass is 32.3. The fraction of sp³-hybridized carbons (Fsp3) is 0.267. The third-order valence-electron chi connectivity index (χ3n) is 4.52. The minimum absolute atomic E-state index is 0.0926. The smallest absolute Gasteiger partial charge is 0.368 e. The van der Waals surface area contributed by atoms with E-state index >= 15 is 0 Å². The summed E-state index contributed by atoms with van der Waals surface area (Å²) in [6.07, 6.45) is 1.39. The topological polar surface area (TPSA) is 160 Å². The van der Waals surface area contributed by atoms with E-state index in [1.807, 2.05) is 0 Å². The number of hydrogen-bond acceptors (Lipinski definition) is 8. The summed E-state index contributed by atoms with van der Waals surface area (Å²) in [5.74, 6) is -0.706. The van der Waals surface area contributed by atoms with Crippen LogP contribution in [-0.2, 0) is 19.5 Å². The molecule has 1 aromatic carbocycles. The van der Waals surface area contributed by atoms with E-state index in [1.165, 1.54) is 6.20 Å². The van der Waals surface area contributed by atoms with Gasteiger partial charge in [0.15, 0.2) is 0 Å². The maximum Gasteiger partial charge on any atom is 0.413 e. The van der Waals surface area contributed by atoms with E-state index in [0.29, 0.717) is 11.3 Å². The number of benzene rings is 1. The Bertz CT molecular complexity index is 1040. The van der Waals surface area contributed by atoms with E-state index < -0.39 is 34.4 Å². The van der Waals surface area contributed by atoms with Crippen LogP contribution in [0, 0.1) is 0 Å². The molecular formula is C15H16N6O6S. The molecule has 4 rings (SSSR count). The zero-order valence-corrected chi connectivity index (χ0v) is 15.1. The molecule has 13 heteroatoms. The maximum atomic E-state index is 12.5. The fourth-order valence-electron chi connectivity index (χ4n) is 3.45. The van der Waals surface area contributed by atoms with Gasteiger partial charge in [0, 0.05) is 24.0 Å². The average molecular weight is 408 g/mol. The van der Waals surface area contributed by atoms with Gasteiger partial charge in [-0.25, -0.2) is 4.79 Å². The number of nitrogens with two attached hydrogens (primary N) is 1. The first-order valence-electron chi connectivity index (χ1n) is 8.16. The van der Waals surface area contributed by atoms with Gasteiger partial charge in [0.05, 0.1) is 18.4 Å². The Morgan fingerprint density at radius 2 is 2.00 bits per heavy atom. The molecule has 3 heterocycles. The van der Waals surface area contributed by atoms with Crippen LogP contribution in [0.4, 0.5) is 10.5 Å². The molecule has 1 fully saturated rings. The number of nitrogens with one attached hydrogen (secondary N) is 1.